The molecular weight excluding hydrogens is 327 g/mol. The molecule has 0 spiro atoms. The van der Waals surface area contributed by atoms with Crippen molar-refractivity contribution in [1.82, 2.24) is 10.3 Å². The highest BCUT2D eigenvalue weighted by molar-refractivity contribution is 5.82. The van der Waals surface area contributed by atoms with Gasteiger partial charge in [-0.1, -0.05) is 30.7 Å². The third-order valence-corrected chi connectivity index (χ3v) is 5.43. The van der Waals surface area contributed by atoms with E-state index in [1.54, 1.807) is 18.3 Å². The van der Waals surface area contributed by atoms with Crippen molar-refractivity contribution in [3.8, 4) is 11.8 Å². The van der Waals surface area contributed by atoms with E-state index in [2.05, 4.69) is 22.1 Å². The minimum absolute atomic E-state index is 0.0389. The molecule has 132 valence electrons. The van der Waals surface area contributed by atoms with Gasteiger partial charge in [0.1, 0.15) is 5.82 Å². The molecule has 4 rings (SSSR count). The fourth-order valence-corrected chi connectivity index (χ4v) is 4.10. The maximum Gasteiger partial charge on any atom is 0.224 e. The van der Waals surface area contributed by atoms with E-state index in [0.717, 1.165) is 24.1 Å². The van der Waals surface area contributed by atoms with Gasteiger partial charge in [0.05, 0.1) is 0 Å². The van der Waals surface area contributed by atoms with Crippen LogP contribution >= 0.6 is 0 Å². The molecule has 2 fully saturated rings. The van der Waals surface area contributed by atoms with Gasteiger partial charge in [0, 0.05) is 41.4 Å². The number of carbonyl (C=O) groups is 1. The van der Waals surface area contributed by atoms with Gasteiger partial charge in [0.25, 0.3) is 0 Å². The maximum atomic E-state index is 13.2. The molecule has 0 radical (unpaired) electrons. The van der Waals surface area contributed by atoms with Crippen LogP contribution in [0.5, 0.6) is 0 Å². The molecule has 26 heavy (non-hydrogen) atoms. The maximum absolute atomic E-state index is 13.2. The number of nitrogens with one attached hydrogen (secondary N) is 1. The molecule has 0 bridgehead atoms. The molecule has 1 aliphatic heterocycles. The quantitative estimate of drug-likeness (QED) is 0.845. The number of rotatable bonds is 2. The van der Waals surface area contributed by atoms with Crippen molar-refractivity contribution in [2.24, 2.45) is 11.8 Å². The summed E-state index contributed by atoms with van der Waals surface area (Å²) in [7, 11) is 0. The molecule has 2 aliphatic rings. The lowest BCUT2D eigenvalue weighted by molar-refractivity contribution is -0.123. The minimum atomic E-state index is -0.291. The van der Waals surface area contributed by atoms with Crippen molar-refractivity contribution < 1.29 is 9.18 Å². The van der Waals surface area contributed by atoms with E-state index in [4.69, 9.17) is 0 Å². The number of pyridine rings is 1. The number of halogens is 1. The zero-order valence-corrected chi connectivity index (χ0v) is 14.5. The smallest absolute Gasteiger partial charge is 0.224 e. The highest BCUT2D eigenvalue weighted by Crippen LogP contribution is 2.36. The lowest BCUT2D eigenvalue weighted by Crippen LogP contribution is -2.31. The molecule has 2 unspecified atom stereocenters. The van der Waals surface area contributed by atoms with Crippen LogP contribution in [0.25, 0.3) is 0 Å². The Morgan fingerprint density at radius 1 is 1.12 bits per heavy atom. The molecule has 1 N–H and O–H groups in total. The van der Waals surface area contributed by atoms with Gasteiger partial charge < -0.3 is 5.32 Å². The van der Waals surface area contributed by atoms with Crippen LogP contribution in [-0.2, 0) is 11.2 Å². The van der Waals surface area contributed by atoms with Crippen LogP contribution < -0.4 is 5.32 Å². The summed E-state index contributed by atoms with van der Waals surface area (Å²) < 4.78 is 13.2. The van der Waals surface area contributed by atoms with Gasteiger partial charge in [0.15, 0.2) is 0 Å². The topological polar surface area (TPSA) is 42.0 Å². The molecule has 1 aromatic carbocycles. The van der Waals surface area contributed by atoms with E-state index >= 15 is 0 Å². The second kappa shape index (κ2) is 7.29. The molecule has 2 aromatic rings. The lowest BCUT2D eigenvalue weighted by Gasteiger charge is -2.26. The van der Waals surface area contributed by atoms with Crippen LogP contribution in [0.4, 0.5) is 4.39 Å². The van der Waals surface area contributed by atoms with Crippen molar-refractivity contribution in [2.75, 3.05) is 0 Å². The average molecular weight is 348 g/mol. The summed E-state index contributed by atoms with van der Waals surface area (Å²) in [5.41, 5.74) is 2.34. The lowest BCUT2D eigenvalue weighted by atomic mass is 9.78. The Bertz CT molecular complexity index is 866. The molecule has 2 heterocycles. The number of fused-ring (bicyclic) bond motifs is 1. The Labute approximate surface area is 153 Å². The molecular formula is C22H21FN2O. The number of carbonyl (C=O) groups excluding carboxylic acids is 1. The van der Waals surface area contributed by atoms with Gasteiger partial charge in [0.2, 0.25) is 5.91 Å². The van der Waals surface area contributed by atoms with Crippen LogP contribution in [0.3, 0.4) is 0 Å². The molecule has 1 saturated carbocycles. The van der Waals surface area contributed by atoms with Crippen molar-refractivity contribution in [3.05, 3.63) is 65.2 Å². The second-order valence-corrected chi connectivity index (χ2v) is 7.17. The SMILES string of the molecule is O=C1NC2CCCCC2[C@H]1Cc1ccc(C#Cc2cccc(F)c2)cn1. The van der Waals surface area contributed by atoms with Gasteiger partial charge in [-0.05, 0) is 49.1 Å². The van der Waals surface area contributed by atoms with Crippen molar-refractivity contribution in [1.29, 1.82) is 0 Å². The van der Waals surface area contributed by atoms with Gasteiger partial charge in [-0.2, -0.15) is 0 Å². The van der Waals surface area contributed by atoms with E-state index in [0.29, 0.717) is 23.9 Å². The first-order valence-electron chi connectivity index (χ1n) is 9.22. The average Bonchev–Trinajstić information content (AvgIpc) is 2.97. The summed E-state index contributed by atoms with van der Waals surface area (Å²) in [6, 6.07) is 10.4. The molecule has 3 atom stereocenters. The third kappa shape index (κ3) is 3.62. The van der Waals surface area contributed by atoms with Gasteiger partial charge in [-0.3, -0.25) is 9.78 Å². The zero-order chi connectivity index (χ0) is 17.9. The number of benzene rings is 1. The monoisotopic (exact) mass is 348 g/mol. The van der Waals surface area contributed by atoms with Crippen LogP contribution in [0, 0.1) is 29.5 Å². The van der Waals surface area contributed by atoms with Gasteiger partial charge >= 0.3 is 0 Å². The first kappa shape index (κ1) is 16.8. The normalized spacial score (nSPS) is 24.3. The Morgan fingerprint density at radius 2 is 1.96 bits per heavy atom. The summed E-state index contributed by atoms with van der Waals surface area (Å²) in [4.78, 5) is 16.8. The van der Waals surface area contributed by atoms with E-state index in [-0.39, 0.29) is 17.6 Å². The number of aromatic nitrogens is 1. The highest BCUT2D eigenvalue weighted by atomic mass is 19.1. The largest absolute Gasteiger partial charge is 0.353 e. The summed E-state index contributed by atoms with van der Waals surface area (Å²) >= 11 is 0. The second-order valence-electron chi connectivity index (χ2n) is 7.17. The summed E-state index contributed by atoms with van der Waals surface area (Å²) in [6.07, 6.45) is 7.08. The molecule has 3 nitrogen and oxygen atoms in total. The van der Waals surface area contributed by atoms with Crippen LogP contribution in [-0.4, -0.2) is 16.9 Å². The highest BCUT2D eigenvalue weighted by Gasteiger charge is 2.42. The summed E-state index contributed by atoms with van der Waals surface area (Å²) in [5, 5.41) is 3.16. The summed E-state index contributed by atoms with van der Waals surface area (Å²) in [5.74, 6) is 6.33. The molecule has 1 saturated heterocycles. The Morgan fingerprint density at radius 3 is 2.77 bits per heavy atom. The van der Waals surface area contributed by atoms with Crippen molar-refractivity contribution in [3.63, 3.8) is 0 Å². The van der Waals surface area contributed by atoms with Gasteiger partial charge in [-0.25, -0.2) is 4.39 Å². The first-order valence-corrected chi connectivity index (χ1v) is 9.22. The van der Waals surface area contributed by atoms with Gasteiger partial charge in [-0.15, -0.1) is 0 Å². The standard InChI is InChI=1S/C22H21FN2O/c23-17-5-3-4-15(12-17)8-9-16-10-11-18(24-14-16)13-20-19-6-1-2-7-21(19)25-22(20)26/h3-5,10-12,14,19-21H,1-2,6-7,13H2,(H,25,26)/t19?,20-,21?/m1/s1. The fraction of sp³-hybridized carbons (Fsp3) is 0.364. The molecule has 1 amide bonds. The fourth-order valence-electron chi connectivity index (χ4n) is 4.10. The van der Waals surface area contributed by atoms with E-state index in [9.17, 15) is 9.18 Å². The third-order valence-electron chi connectivity index (χ3n) is 5.43. The van der Waals surface area contributed by atoms with E-state index in [1.807, 2.05) is 12.1 Å². The van der Waals surface area contributed by atoms with E-state index in [1.165, 1.54) is 25.0 Å². The predicted octanol–water partition coefficient (Wildman–Crippen LogP) is 3.47. The zero-order valence-electron chi connectivity index (χ0n) is 14.5. The Balaban J connectivity index is 1.44. The van der Waals surface area contributed by atoms with E-state index < -0.39 is 0 Å². The predicted molar refractivity (Wildman–Crippen MR) is 97.7 cm³/mol. The number of amides is 1. The Kier molecular flexibility index (Phi) is 4.71. The Hall–Kier alpha value is -2.67. The number of hydrogen-bond acceptors (Lipinski definition) is 2. The molecule has 1 aliphatic carbocycles. The van der Waals surface area contributed by atoms with Crippen molar-refractivity contribution >= 4 is 5.91 Å². The molecule has 4 heteroatoms. The number of hydrogen-bond donors (Lipinski definition) is 1. The minimum Gasteiger partial charge on any atom is -0.353 e. The first-order chi connectivity index (χ1) is 12.7. The number of nitrogens with zero attached hydrogens (tertiary/aromatic N) is 1. The summed E-state index contributed by atoms with van der Waals surface area (Å²) in [6.45, 7) is 0. The van der Waals surface area contributed by atoms with Crippen molar-refractivity contribution in [2.45, 2.75) is 38.1 Å². The van der Waals surface area contributed by atoms with Crippen LogP contribution in [0.1, 0.15) is 42.5 Å². The van der Waals surface area contributed by atoms with Crippen LogP contribution in [0.15, 0.2) is 42.6 Å². The van der Waals surface area contributed by atoms with Crippen LogP contribution in [0.2, 0.25) is 0 Å². The molecule has 1 aromatic heterocycles.